The van der Waals surface area contributed by atoms with Gasteiger partial charge >= 0.3 is 12.1 Å². The molecule has 2 atom stereocenters. The number of carboxylic acid groups (broad SMARTS) is 1. The summed E-state index contributed by atoms with van der Waals surface area (Å²) in [5.41, 5.74) is 4.21. The highest BCUT2D eigenvalue weighted by Crippen LogP contribution is 2.44. The van der Waals surface area contributed by atoms with Crippen LogP contribution in [-0.4, -0.2) is 71.2 Å². The number of likely N-dealkylation sites (N-methyl/N-ethyl adjacent to an activating group) is 1. The molecule has 0 spiro atoms. The topological polar surface area (TPSA) is 99.2 Å². The number of fused-ring (bicyclic) bond motifs is 3. The third-order valence-corrected chi connectivity index (χ3v) is 8.09. The molecule has 3 aromatic rings. The third kappa shape index (κ3) is 5.45. The zero-order valence-electron chi connectivity index (χ0n) is 22.9. The van der Waals surface area contributed by atoms with E-state index in [2.05, 4.69) is 17.4 Å². The molecule has 0 saturated carbocycles. The van der Waals surface area contributed by atoms with Crippen LogP contribution in [-0.2, 0) is 20.9 Å². The van der Waals surface area contributed by atoms with E-state index in [1.54, 1.807) is 6.92 Å². The zero-order chi connectivity index (χ0) is 28.3. The van der Waals surface area contributed by atoms with E-state index in [0.29, 0.717) is 25.9 Å². The molecule has 0 radical (unpaired) electrons. The average molecular weight is 542 g/mol. The van der Waals surface area contributed by atoms with Crippen LogP contribution in [0.15, 0.2) is 78.9 Å². The molecule has 1 heterocycles. The van der Waals surface area contributed by atoms with Crippen molar-refractivity contribution in [1.29, 1.82) is 0 Å². The zero-order valence-corrected chi connectivity index (χ0v) is 22.9. The second-order valence-corrected chi connectivity index (χ2v) is 10.9. The van der Waals surface area contributed by atoms with Crippen LogP contribution in [0.2, 0.25) is 0 Å². The van der Waals surface area contributed by atoms with Gasteiger partial charge in [-0.1, -0.05) is 78.9 Å². The molecule has 208 valence electrons. The van der Waals surface area contributed by atoms with E-state index in [1.807, 2.05) is 78.7 Å². The Kier molecular flexibility index (Phi) is 7.89. The number of ether oxygens (including phenoxy) is 1. The third-order valence-electron chi connectivity index (χ3n) is 8.09. The summed E-state index contributed by atoms with van der Waals surface area (Å²) >= 11 is 0. The maximum Gasteiger partial charge on any atom is 0.407 e. The molecule has 3 aromatic carbocycles. The Hall–Kier alpha value is -4.17. The van der Waals surface area contributed by atoms with Gasteiger partial charge in [0.15, 0.2) is 0 Å². The first kappa shape index (κ1) is 27.4. The minimum Gasteiger partial charge on any atom is -0.480 e. The number of alkyl carbamates (subject to hydrolysis) is 1. The van der Waals surface area contributed by atoms with Crippen molar-refractivity contribution < 1.29 is 24.2 Å². The van der Waals surface area contributed by atoms with Gasteiger partial charge in [0.05, 0.1) is 0 Å². The van der Waals surface area contributed by atoms with Crippen LogP contribution in [0.3, 0.4) is 0 Å². The van der Waals surface area contributed by atoms with Gasteiger partial charge in [-0.25, -0.2) is 9.59 Å². The highest BCUT2D eigenvalue weighted by atomic mass is 16.5. The number of nitrogens with zero attached hydrogens (tertiary/aromatic N) is 2. The molecular formula is C32H35N3O5. The first-order valence-electron chi connectivity index (χ1n) is 13.7. The quantitative estimate of drug-likeness (QED) is 0.414. The Balaban J connectivity index is 1.31. The predicted octanol–water partition coefficient (Wildman–Crippen LogP) is 4.49. The van der Waals surface area contributed by atoms with Gasteiger partial charge in [-0.05, 0) is 54.6 Å². The summed E-state index contributed by atoms with van der Waals surface area (Å²) in [6.07, 6.45) is 0.252. The molecule has 1 fully saturated rings. The number of hydrogen-bond donors (Lipinski definition) is 2. The van der Waals surface area contributed by atoms with Crippen LogP contribution in [0.1, 0.15) is 42.4 Å². The van der Waals surface area contributed by atoms with Crippen LogP contribution in [0.25, 0.3) is 11.1 Å². The standard InChI is InChI=1S/C32H35N3O5/c1-32(30(37)38)17-10-18-35(32)29(36)28(20-34(2)19-22-11-4-3-5-12-22)33-31(39)40-21-27-25-15-8-6-13-23(25)24-14-7-9-16-26(24)27/h3-9,11-16,27-28H,10,17-21H2,1-2H3,(H,33,39)(H,37,38)/t28?,32-/m0/s1. The van der Waals surface area contributed by atoms with Crippen molar-refractivity contribution >= 4 is 18.0 Å². The smallest absolute Gasteiger partial charge is 0.407 e. The van der Waals surface area contributed by atoms with E-state index in [4.69, 9.17) is 4.74 Å². The number of nitrogens with one attached hydrogen (secondary N) is 1. The lowest BCUT2D eigenvalue weighted by Gasteiger charge is -2.35. The summed E-state index contributed by atoms with van der Waals surface area (Å²) < 4.78 is 5.73. The summed E-state index contributed by atoms with van der Waals surface area (Å²) in [6.45, 7) is 2.78. The first-order chi connectivity index (χ1) is 19.3. The van der Waals surface area contributed by atoms with Crippen LogP contribution in [0.5, 0.6) is 0 Å². The number of carboxylic acids is 1. The van der Waals surface area contributed by atoms with E-state index in [9.17, 15) is 19.5 Å². The van der Waals surface area contributed by atoms with E-state index >= 15 is 0 Å². The van der Waals surface area contributed by atoms with E-state index in [0.717, 1.165) is 27.8 Å². The molecule has 2 aliphatic rings. The second kappa shape index (κ2) is 11.5. The van der Waals surface area contributed by atoms with Gasteiger partial charge in [-0.15, -0.1) is 0 Å². The van der Waals surface area contributed by atoms with Gasteiger partial charge < -0.3 is 20.1 Å². The number of carbonyl (C=O) groups is 3. The Morgan fingerprint density at radius 1 is 1.00 bits per heavy atom. The van der Waals surface area contributed by atoms with Gasteiger partial charge in [0, 0.05) is 25.6 Å². The normalized spacial score (nSPS) is 18.7. The fraction of sp³-hybridized carbons (Fsp3) is 0.344. The molecule has 5 rings (SSSR count). The van der Waals surface area contributed by atoms with Gasteiger partial charge in [-0.3, -0.25) is 9.69 Å². The van der Waals surface area contributed by atoms with Gasteiger partial charge in [-0.2, -0.15) is 0 Å². The summed E-state index contributed by atoms with van der Waals surface area (Å²) in [7, 11) is 1.87. The molecular weight excluding hydrogens is 506 g/mol. The van der Waals surface area contributed by atoms with Crippen molar-refractivity contribution in [3.63, 3.8) is 0 Å². The Morgan fingerprint density at radius 2 is 1.60 bits per heavy atom. The van der Waals surface area contributed by atoms with Crippen LogP contribution < -0.4 is 5.32 Å². The lowest BCUT2D eigenvalue weighted by molar-refractivity contribution is -0.156. The fourth-order valence-corrected chi connectivity index (χ4v) is 5.97. The number of amides is 2. The van der Waals surface area contributed by atoms with Crippen molar-refractivity contribution in [3.8, 4) is 11.1 Å². The molecule has 1 aliphatic heterocycles. The van der Waals surface area contributed by atoms with Crippen molar-refractivity contribution in [3.05, 3.63) is 95.6 Å². The number of benzene rings is 3. The lowest BCUT2D eigenvalue weighted by Crippen LogP contribution is -2.59. The molecule has 2 N–H and O–H groups in total. The molecule has 0 bridgehead atoms. The summed E-state index contributed by atoms with van der Waals surface area (Å²) in [5.74, 6) is -1.58. The maximum atomic E-state index is 13.7. The molecule has 1 aliphatic carbocycles. The second-order valence-electron chi connectivity index (χ2n) is 10.9. The van der Waals surface area contributed by atoms with Crippen LogP contribution in [0.4, 0.5) is 4.79 Å². The highest BCUT2D eigenvalue weighted by molar-refractivity contribution is 5.92. The summed E-state index contributed by atoms with van der Waals surface area (Å²) in [4.78, 5) is 42.3. The Labute approximate surface area is 234 Å². The molecule has 0 aromatic heterocycles. The van der Waals surface area contributed by atoms with Crippen LogP contribution in [0, 0.1) is 0 Å². The minimum absolute atomic E-state index is 0.109. The number of likely N-dealkylation sites (tertiary alicyclic amines) is 1. The number of hydrogen-bond acceptors (Lipinski definition) is 5. The molecule has 40 heavy (non-hydrogen) atoms. The molecule has 8 heteroatoms. The van der Waals surface area contributed by atoms with E-state index in [-0.39, 0.29) is 19.1 Å². The Bertz CT molecular complexity index is 1350. The molecule has 8 nitrogen and oxygen atoms in total. The molecule has 1 unspecified atom stereocenters. The van der Waals surface area contributed by atoms with Crippen molar-refractivity contribution in [2.75, 3.05) is 26.7 Å². The van der Waals surface area contributed by atoms with Gasteiger partial charge in [0.2, 0.25) is 5.91 Å². The van der Waals surface area contributed by atoms with Gasteiger partial charge in [0.1, 0.15) is 18.2 Å². The highest BCUT2D eigenvalue weighted by Gasteiger charge is 2.47. The van der Waals surface area contributed by atoms with Crippen molar-refractivity contribution in [2.45, 2.75) is 43.8 Å². The minimum atomic E-state index is -1.31. The maximum absolute atomic E-state index is 13.7. The first-order valence-corrected chi connectivity index (χ1v) is 13.7. The SMILES string of the molecule is CN(Cc1ccccc1)CC(NC(=O)OCC1c2ccccc2-c2ccccc21)C(=O)N1CCC[C@@]1(C)C(=O)O. The van der Waals surface area contributed by atoms with Crippen molar-refractivity contribution in [1.82, 2.24) is 15.1 Å². The lowest BCUT2D eigenvalue weighted by atomic mass is 9.98. The predicted molar refractivity (Wildman–Crippen MR) is 152 cm³/mol. The van der Waals surface area contributed by atoms with E-state index in [1.165, 1.54) is 4.90 Å². The Morgan fingerprint density at radius 3 is 2.23 bits per heavy atom. The van der Waals surface area contributed by atoms with Crippen LogP contribution >= 0.6 is 0 Å². The average Bonchev–Trinajstić information content (AvgIpc) is 3.50. The van der Waals surface area contributed by atoms with E-state index < -0.39 is 29.6 Å². The number of rotatable bonds is 9. The summed E-state index contributed by atoms with van der Waals surface area (Å²) in [6, 6.07) is 25.0. The number of carbonyl (C=O) groups excluding carboxylic acids is 2. The summed E-state index contributed by atoms with van der Waals surface area (Å²) in [5, 5.41) is 12.7. The van der Waals surface area contributed by atoms with Crippen molar-refractivity contribution in [2.24, 2.45) is 0 Å². The van der Waals surface area contributed by atoms with Gasteiger partial charge in [0.25, 0.3) is 0 Å². The molecule has 2 amide bonds. The fourth-order valence-electron chi connectivity index (χ4n) is 5.97. The largest absolute Gasteiger partial charge is 0.480 e. The molecule has 1 saturated heterocycles. The monoisotopic (exact) mass is 541 g/mol. The number of aliphatic carboxylic acids is 1.